The first-order chi connectivity index (χ1) is 4.13. The van der Waals surface area contributed by atoms with Crippen LogP contribution in [0.1, 0.15) is 20.3 Å². The second-order valence-electron chi connectivity index (χ2n) is 2.40. The summed E-state index contributed by atoms with van der Waals surface area (Å²) >= 11 is 5.77. The Morgan fingerprint density at radius 2 is 2.11 bits per heavy atom. The SMILES string of the molecule is CC1=C(C)C(Cl)CC1=O. The fraction of sp³-hybridized carbons (Fsp3) is 0.571. The highest BCUT2D eigenvalue weighted by Gasteiger charge is 2.24. The summed E-state index contributed by atoms with van der Waals surface area (Å²) in [5.41, 5.74) is 1.90. The van der Waals surface area contributed by atoms with Gasteiger partial charge in [0.25, 0.3) is 0 Å². The van der Waals surface area contributed by atoms with E-state index in [0.29, 0.717) is 6.42 Å². The molecule has 0 amide bonds. The van der Waals surface area contributed by atoms with Gasteiger partial charge in [-0.15, -0.1) is 11.6 Å². The van der Waals surface area contributed by atoms with Crippen molar-refractivity contribution in [2.75, 3.05) is 0 Å². The number of Topliss-reactive ketones (excluding diaryl/α,β-unsaturated/α-hetero) is 1. The molecule has 0 aromatic carbocycles. The molecule has 0 saturated heterocycles. The highest BCUT2D eigenvalue weighted by atomic mass is 35.5. The molecule has 50 valence electrons. The topological polar surface area (TPSA) is 17.1 Å². The normalized spacial score (nSPS) is 27.9. The number of alkyl halides is 1. The molecular weight excluding hydrogens is 136 g/mol. The highest BCUT2D eigenvalue weighted by molar-refractivity contribution is 6.26. The maximum atomic E-state index is 10.9. The van der Waals surface area contributed by atoms with E-state index in [4.69, 9.17) is 11.6 Å². The van der Waals surface area contributed by atoms with Crippen LogP contribution < -0.4 is 0 Å². The Kier molecular flexibility index (Phi) is 1.62. The summed E-state index contributed by atoms with van der Waals surface area (Å²) in [7, 11) is 0. The zero-order valence-electron chi connectivity index (χ0n) is 5.57. The minimum atomic E-state index is -0.0301. The van der Waals surface area contributed by atoms with Gasteiger partial charge < -0.3 is 0 Å². The molecule has 1 unspecified atom stereocenters. The van der Waals surface area contributed by atoms with Crippen LogP contribution in [0, 0.1) is 0 Å². The van der Waals surface area contributed by atoms with E-state index in [9.17, 15) is 4.79 Å². The maximum absolute atomic E-state index is 10.9. The standard InChI is InChI=1S/C7H9ClO/c1-4-5(2)7(9)3-6(4)8/h6H,3H2,1-2H3. The average Bonchev–Trinajstić information content (AvgIpc) is 1.98. The van der Waals surface area contributed by atoms with E-state index >= 15 is 0 Å². The zero-order chi connectivity index (χ0) is 7.02. The number of rotatable bonds is 0. The lowest BCUT2D eigenvalue weighted by Crippen LogP contribution is -1.95. The van der Waals surface area contributed by atoms with E-state index in [2.05, 4.69) is 0 Å². The van der Waals surface area contributed by atoms with E-state index in [1.54, 1.807) is 0 Å². The quantitative estimate of drug-likeness (QED) is 0.475. The van der Waals surface area contributed by atoms with Crippen LogP contribution in [0.3, 0.4) is 0 Å². The number of allylic oxidation sites excluding steroid dienone is 2. The molecule has 1 aliphatic rings. The fourth-order valence-corrected chi connectivity index (χ4v) is 1.23. The van der Waals surface area contributed by atoms with Crippen molar-refractivity contribution in [3.63, 3.8) is 0 Å². The number of ketones is 1. The molecule has 2 heteroatoms. The Balaban J connectivity index is 2.92. The van der Waals surface area contributed by atoms with Crippen molar-refractivity contribution in [3.8, 4) is 0 Å². The van der Waals surface area contributed by atoms with Gasteiger partial charge >= 0.3 is 0 Å². The van der Waals surface area contributed by atoms with Gasteiger partial charge in [-0.05, 0) is 25.0 Å². The second kappa shape index (κ2) is 2.14. The Morgan fingerprint density at radius 1 is 1.56 bits per heavy atom. The number of halogens is 1. The van der Waals surface area contributed by atoms with Gasteiger partial charge in [0, 0.05) is 6.42 Å². The van der Waals surface area contributed by atoms with Crippen molar-refractivity contribution >= 4 is 17.4 Å². The summed E-state index contributed by atoms with van der Waals surface area (Å²) in [6.07, 6.45) is 0.499. The van der Waals surface area contributed by atoms with E-state index in [1.807, 2.05) is 13.8 Å². The van der Waals surface area contributed by atoms with Crippen molar-refractivity contribution in [3.05, 3.63) is 11.1 Å². The molecule has 0 bridgehead atoms. The van der Waals surface area contributed by atoms with Crippen molar-refractivity contribution in [2.45, 2.75) is 25.6 Å². The average molecular weight is 145 g/mol. The summed E-state index contributed by atoms with van der Waals surface area (Å²) < 4.78 is 0. The predicted molar refractivity (Wildman–Crippen MR) is 37.6 cm³/mol. The van der Waals surface area contributed by atoms with Gasteiger partial charge in [0.15, 0.2) is 5.78 Å². The molecule has 1 aliphatic carbocycles. The van der Waals surface area contributed by atoms with E-state index < -0.39 is 0 Å². The summed E-state index contributed by atoms with van der Waals surface area (Å²) in [6, 6.07) is 0. The monoisotopic (exact) mass is 144 g/mol. The Labute approximate surface area is 59.7 Å². The van der Waals surface area contributed by atoms with Gasteiger partial charge in [0.05, 0.1) is 5.38 Å². The predicted octanol–water partition coefficient (Wildman–Crippen LogP) is 1.90. The van der Waals surface area contributed by atoms with Crippen molar-refractivity contribution in [1.82, 2.24) is 0 Å². The molecule has 0 aliphatic heterocycles. The van der Waals surface area contributed by atoms with Crippen LogP contribution in [0.15, 0.2) is 11.1 Å². The number of hydrogen-bond acceptors (Lipinski definition) is 1. The first kappa shape index (κ1) is 6.81. The highest BCUT2D eigenvalue weighted by Crippen LogP contribution is 2.26. The molecule has 0 spiro atoms. The van der Waals surface area contributed by atoms with Crippen molar-refractivity contribution in [2.24, 2.45) is 0 Å². The summed E-state index contributed by atoms with van der Waals surface area (Å²) in [5, 5.41) is -0.0301. The van der Waals surface area contributed by atoms with Crippen molar-refractivity contribution < 1.29 is 4.79 Å². The first-order valence-corrected chi connectivity index (χ1v) is 3.41. The van der Waals surface area contributed by atoms with Crippen LogP contribution in [-0.2, 0) is 4.79 Å². The Morgan fingerprint density at radius 3 is 2.22 bits per heavy atom. The second-order valence-corrected chi connectivity index (χ2v) is 2.93. The number of carbonyl (C=O) groups is 1. The van der Waals surface area contributed by atoms with Gasteiger partial charge in [0.2, 0.25) is 0 Å². The molecule has 0 saturated carbocycles. The largest absolute Gasteiger partial charge is 0.294 e. The van der Waals surface area contributed by atoms with Crippen LogP contribution in [0.2, 0.25) is 0 Å². The van der Waals surface area contributed by atoms with Crippen LogP contribution in [-0.4, -0.2) is 11.2 Å². The zero-order valence-corrected chi connectivity index (χ0v) is 6.33. The third kappa shape index (κ3) is 1.01. The van der Waals surface area contributed by atoms with Gasteiger partial charge in [-0.1, -0.05) is 0 Å². The third-order valence-electron chi connectivity index (χ3n) is 1.84. The number of carbonyl (C=O) groups excluding carboxylic acids is 1. The molecule has 1 rings (SSSR count). The van der Waals surface area contributed by atoms with Crippen molar-refractivity contribution in [1.29, 1.82) is 0 Å². The van der Waals surface area contributed by atoms with E-state index in [0.717, 1.165) is 11.1 Å². The maximum Gasteiger partial charge on any atom is 0.160 e. The molecule has 1 nitrogen and oxygen atoms in total. The molecule has 0 fully saturated rings. The smallest absolute Gasteiger partial charge is 0.160 e. The fourth-order valence-electron chi connectivity index (χ4n) is 0.924. The molecule has 9 heavy (non-hydrogen) atoms. The van der Waals surface area contributed by atoms with Crippen LogP contribution in [0.25, 0.3) is 0 Å². The Bertz CT molecular complexity index is 181. The molecule has 1 atom stereocenters. The van der Waals surface area contributed by atoms with Crippen LogP contribution >= 0.6 is 11.6 Å². The first-order valence-electron chi connectivity index (χ1n) is 2.97. The van der Waals surface area contributed by atoms with Gasteiger partial charge in [-0.3, -0.25) is 4.79 Å². The minimum absolute atomic E-state index is 0.0301. The third-order valence-corrected chi connectivity index (χ3v) is 2.33. The van der Waals surface area contributed by atoms with Gasteiger partial charge in [-0.2, -0.15) is 0 Å². The molecule has 0 radical (unpaired) electrons. The lowest BCUT2D eigenvalue weighted by atomic mass is 10.2. The summed E-state index contributed by atoms with van der Waals surface area (Å²) in [6.45, 7) is 3.75. The van der Waals surface area contributed by atoms with E-state index in [-0.39, 0.29) is 11.2 Å². The molecule has 0 N–H and O–H groups in total. The van der Waals surface area contributed by atoms with Crippen LogP contribution in [0.4, 0.5) is 0 Å². The van der Waals surface area contributed by atoms with Gasteiger partial charge in [-0.25, -0.2) is 0 Å². The Hall–Kier alpha value is -0.300. The lowest BCUT2D eigenvalue weighted by molar-refractivity contribution is -0.114. The molecular formula is C7H9ClO. The molecule has 0 heterocycles. The minimum Gasteiger partial charge on any atom is -0.294 e. The van der Waals surface area contributed by atoms with E-state index in [1.165, 1.54) is 0 Å². The number of hydrogen-bond donors (Lipinski definition) is 0. The molecule has 0 aromatic heterocycles. The molecule has 0 aromatic rings. The summed E-state index contributed by atoms with van der Waals surface area (Å²) in [5.74, 6) is 0.201. The van der Waals surface area contributed by atoms with Crippen LogP contribution in [0.5, 0.6) is 0 Å². The summed E-state index contributed by atoms with van der Waals surface area (Å²) in [4.78, 5) is 10.9. The van der Waals surface area contributed by atoms with Gasteiger partial charge in [0.1, 0.15) is 0 Å². The lowest BCUT2D eigenvalue weighted by Gasteiger charge is -1.95.